The normalized spacial score (nSPS) is 27.0. The van der Waals surface area contributed by atoms with Crippen LogP contribution >= 0.6 is 12.4 Å². The summed E-state index contributed by atoms with van der Waals surface area (Å²) in [7, 11) is -3.41. The van der Waals surface area contributed by atoms with Crippen LogP contribution in [0.15, 0.2) is 30.3 Å². The second-order valence-electron chi connectivity index (χ2n) is 7.45. The zero-order chi connectivity index (χ0) is 18.7. The number of amides is 1. The summed E-state index contributed by atoms with van der Waals surface area (Å²) in [6.07, 6.45) is 1.50. The Morgan fingerprint density at radius 1 is 1.19 bits per heavy atom. The first-order valence-corrected chi connectivity index (χ1v) is 11.0. The van der Waals surface area contributed by atoms with E-state index in [2.05, 4.69) is 19.2 Å². The maximum atomic E-state index is 13.0. The molecule has 1 amide bonds. The van der Waals surface area contributed by atoms with Crippen molar-refractivity contribution in [3.8, 4) is 0 Å². The molecule has 2 saturated heterocycles. The number of halogens is 1. The minimum Gasteiger partial charge on any atom is -0.337 e. The molecule has 1 aromatic rings. The number of carbonyl (C=O) groups is 1. The SMILES string of the molecule is CC1NCCN(C(=O)C2CCCN(S(=O)(=O)Cc3ccccc3)C2)C1C.Cl. The molecule has 1 aromatic carbocycles. The third-order valence-corrected chi connectivity index (χ3v) is 7.45. The molecule has 0 aliphatic carbocycles. The molecule has 0 radical (unpaired) electrons. The Bertz CT molecular complexity index is 729. The zero-order valence-corrected chi connectivity index (χ0v) is 17.6. The monoisotopic (exact) mass is 415 g/mol. The van der Waals surface area contributed by atoms with E-state index < -0.39 is 10.0 Å². The van der Waals surface area contributed by atoms with Crippen LogP contribution in [0.2, 0.25) is 0 Å². The predicted octanol–water partition coefficient (Wildman–Crippen LogP) is 1.86. The maximum absolute atomic E-state index is 13.0. The van der Waals surface area contributed by atoms with E-state index in [0.717, 1.165) is 24.9 Å². The van der Waals surface area contributed by atoms with Crippen molar-refractivity contribution in [3.05, 3.63) is 35.9 Å². The molecule has 6 nitrogen and oxygen atoms in total. The topological polar surface area (TPSA) is 69.7 Å². The lowest BCUT2D eigenvalue weighted by atomic mass is 9.96. The van der Waals surface area contributed by atoms with Crippen molar-refractivity contribution >= 4 is 28.3 Å². The number of hydrogen-bond donors (Lipinski definition) is 1. The molecule has 2 aliphatic heterocycles. The lowest BCUT2D eigenvalue weighted by Crippen LogP contribution is -2.59. The van der Waals surface area contributed by atoms with Crippen molar-refractivity contribution in [2.75, 3.05) is 26.2 Å². The molecule has 0 aromatic heterocycles. The molecule has 2 heterocycles. The average molecular weight is 416 g/mol. The van der Waals surface area contributed by atoms with Gasteiger partial charge in [0.2, 0.25) is 15.9 Å². The summed E-state index contributed by atoms with van der Waals surface area (Å²) in [6, 6.07) is 9.62. The number of piperidine rings is 1. The van der Waals surface area contributed by atoms with E-state index in [1.165, 1.54) is 4.31 Å². The molecule has 2 fully saturated rings. The van der Waals surface area contributed by atoms with Crippen LogP contribution in [0.1, 0.15) is 32.3 Å². The van der Waals surface area contributed by atoms with Crippen LogP contribution in [0.25, 0.3) is 0 Å². The molecular weight excluding hydrogens is 386 g/mol. The third-order valence-electron chi connectivity index (χ3n) is 5.64. The molecule has 8 heteroatoms. The quantitative estimate of drug-likeness (QED) is 0.814. The number of hydrogen-bond acceptors (Lipinski definition) is 4. The van der Waals surface area contributed by atoms with Gasteiger partial charge in [-0.05, 0) is 32.3 Å². The largest absolute Gasteiger partial charge is 0.337 e. The second kappa shape index (κ2) is 9.37. The van der Waals surface area contributed by atoms with E-state index in [0.29, 0.717) is 19.6 Å². The van der Waals surface area contributed by atoms with Crippen molar-refractivity contribution in [1.82, 2.24) is 14.5 Å². The van der Waals surface area contributed by atoms with Gasteiger partial charge in [0.1, 0.15) is 0 Å². The average Bonchev–Trinajstić information content (AvgIpc) is 2.64. The van der Waals surface area contributed by atoms with Crippen LogP contribution in [-0.2, 0) is 20.6 Å². The number of piperazine rings is 1. The smallest absolute Gasteiger partial charge is 0.227 e. The predicted molar refractivity (Wildman–Crippen MR) is 109 cm³/mol. The van der Waals surface area contributed by atoms with Gasteiger partial charge in [0.15, 0.2) is 0 Å². The molecule has 0 saturated carbocycles. The first-order chi connectivity index (χ1) is 12.4. The fraction of sp³-hybridized carbons (Fsp3) is 0.632. The van der Waals surface area contributed by atoms with Crippen LogP contribution in [0.4, 0.5) is 0 Å². The number of sulfonamides is 1. The molecule has 3 atom stereocenters. The lowest BCUT2D eigenvalue weighted by molar-refractivity contribution is -0.140. The fourth-order valence-electron chi connectivity index (χ4n) is 3.87. The number of benzene rings is 1. The zero-order valence-electron chi connectivity index (χ0n) is 16.0. The highest BCUT2D eigenvalue weighted by molar-refractivity contribution is 7.88. The van der Waals surface area contributed by atoms with Crippen molar-refractivity contribution in [3.63, 3.8) is 0 Å². The molecule has 0 spiro atoms. The van der Waals surface area contributed by atoms with Crippen LogP contribution in [-0.4, -0.2) is 61.8 Å². The van der Waals surface area contributed by atoms with Crippen LogP contribution < -0.4 is 5.32 Å². The minimum atomic E-state index is -3.41. The Balaban J connectivity index is 0.00000261. The lowest BCUT2D eigenvalue weighted by Gasteiger charge is -2.42. The third kappa shape index (κ3) is 5.22. The Morgan fingerprint density at radius 2 is 1.89 bits per heavy atom. The van der Waals surface area contributed by atoms with Crippen LogP contribution in [0.3, 0.4) is 0 Å². The van der Waals surface area contributed by atoms with Crippen molar-refractivity contribution in [2.24, 2.45) is 5.92 Å². The number of rotatable bonds is 4. The van der Waals surface area contributed by atoms with Crippen LogP contribution in [0, 0.1) is 5.92 Å². The van der Waals surface area contributed by atoms with Gasteiger partial charge in [0, 0.05) is 38.3 Å². The Morgan fingerprint density at radius 3 is 2.59 bits per heavy atom. The first-order valence-electron chi connectivity index (χ1n) is 9.44. The van der Waals surface area contributed by atoms with Gasteiger partial charge in [0.05, 0.1) is 11.7 Å². The molecule has 3 unspecified atom stereocenters. The summed E-state index contributed by atoms with van der Waals surface area (Å²) >= 11 is 0. The molecule has 0 bridgehead atoms. The van der Waals surface area contributed by atoms with Gasteiger partial charge in [-0.3, -0.25) is 4.79 Å². The van der Waals surface area contributed by atoms with Gasteiger partial charge in [0.25, 0.3) is 0 Å². The van der Waals surface area contributed by atoms with E-state index in [1.54, 1.807) is 0 Å². The van der Waals surface area contributed by atoms with E-state index in [9.17, 15) is 13.2 Å². The van der Waals surface area contributed by atoms with Crippen molar-refractivity contribution < 1.29 is 13.2 Å². The Labute approximate surface area is 168 Å². The van der Waals surface area contributed by atoms with Crippen LogP contribution in [0.5, 0.6) is 0 Å². The number of nitrogens with one attached hydrogen (secondary N) is 1. The highest BCUT2D eigenvalue weighted by Gasteiger charge is 2.37. The van der Waals surface area contributed by atoms with Gasteiger partial charge in [-0.15, -0.1) is 12.4 Å². The van der Waals surface area contributed by atoms with Gasteiger partial charge >= 0.3 is 0 Å². The van der Waals surface area contributed by atoms with Gasteiger partial charge in [-0.2, -0.15) is 0 Å². The molecular formula is C19H30ClN3O3S. The Kier molecular flexibility index (Phi) is 7.68. The summed E-state index contributed by atoms with van der Waals surface area (Å²) in [5.41, 5.74) is 0.783. The summed E-state index contributed by atoms with van der Waals surface area (Å²) < 4.78 is 27.1. The highest BCUT2D eigenvalue weighted by atomic mass is 35.5. The fourth-order valence-corrected chi connectivity index (χ4v) is 5.49. The van der Waals surface area contributed by atoms with E-state index >= 15 is 0 Å². The molecule has 152 valence electrons. The summed E-state index contributed by atoms with van der Waals surface area (Å²) in [5, 5.41) is 3.38. The van der Waals surface area contributed by atoms with Crippen molar-refractivity contribution in [1.29, 1.82) is 0 Å². The highest BCUT2D eigenvalue weighted by Crippen LogP contribution is 2.24. The standard InChI is InChI=1S/C19H29N3O3S.ClH/c1-15-16(2)22(12-10-20-15)19(23)18-9-6-11-21(13-18)26(24,25)14-17-7-4-3-5-8-17;/h3-5,7-8,15-16,18,20H,6,9-14H2,1-2H3;1H. The van der Waals surface area contributed by atoms with Gasteiger partial charge in [-0.25, -0.2) is 12.7 Å². The molecule has 2 aliphatic rings. The Hall–Kier alpha value is -1.15. The maximum Gasteiger partial charge on any atom is 0.227 e. The van der Waals surface area contributed by atoms with Gasteiger partial charge < -0.3 is 10.2 Å². The number of nitrogens with zero attached hydrogens (tertiary/aromatic N) is 2. The molecule has 1 N–H and O–H groups in total. The summed E-state index contributed by atoms with van der Waals surface area (Å²) in [5.74, 6) is -0.136. The van der Waals surface area contributed by atoms with Gasteiger partial charge in [-0.1, -0.05) is 30.3 Å². The van der Waals surface area contributed by atoms with E-state index in [-0.39, 0.29) is 42.1 Å². The minimum absolute atomic E-state index is 0. The van der Waals surface area contributed by atoms with E-state index in [1.807, 2.05) is 35.2 Å². The number of carbonyl (C=O) groups excluding carboxylic acids is 1. The van der Waals surface area contributed by atoms with E-state index in [4.69, 9.17) is 0 Å². The second-order valence-corrected chi connectivity index (χ2v) is 9.42. The molecule has 3 rings (SSSR count). The first kappa shape index (κ1) is 22.1. The van der Waals surface area contributed by atoms with Crippen molar-refractivity contribution in [2.45, 2.75) is 44.5 Å². The summed E-state index contributed by atoms with van der Waals surface area (Å²) in [4.78, 5) is 14.9. The molecule has 27 heavy (non-hydrogen) atoms. The summed E-state index contributed by atoms with van der Waals surface area (Å²) in [6.45, 7) is 6.44.